The van der Waals surface area contributed by atoms with Crippen LogP contribution in [0.1, 0.15) is 6.42 Å². The number of hydrogen-bond donors (Lipinski definition) is 1. The van der Waals surface area contributed by atoms with E-state index in [-0.39, 0.29) is 0 Å². The van der Waals surface area contributed by atoms with Crippen molar-refractivity contribution in [2.45, 2.75) is 6.42 Å². The minimum absolute atomic E-state index is 0.853. The summed E-state index contributed by atoms with van der Waals surface area (Å²) < 4.78 is 5.26. The third-order valence-corrected chi connectivity index (χ3v) is 3.14. The van der Waals surface area contributed by atoms with E-state index in [9.17, 15) is 0 Å². The summed E-state index contributed by atoms with van der Waals surface area (Å²) in [7, 11) is 1.68. The summed E-state index contributed by atoms with van der Waals surface area (Å²) >= 11 is 1.76. The van der Waals surface area contributed by atoms with Crippen LogP contribution in [0.25, 0.3) is 0 Å². The van der Waals surface area contributed by atoms with Crippen LogP contribution in [0.4, 0.5) is 5.69 Å². The van der Waals surface area contributed by atoms with Gasteiger partial charge in [0.1, 0.15) is 5.75 Å². The molecule has 80 valence electrons. The van der Waals surface area contributed by atoms with Gasteiger partial charge in [0.2, 0.25) is 0 Å². The zero-order chi connectivity index (χ0) is 10.5. The van der Waals surface area contributed by atoms with Crippen LogP contribution in [0.3, 0.4) is 0 Å². The molecule has 0 radical (unpaired) electrons. The third-order valence-electron chi connectivity index (χ3n) is 2.15. The molecule has 0 aliphatic carbocycles. The topological polar surface area (TPSA) is 33.6 Å². The fourth-order valence-electron chi connectivity index (χ4n) is 1.40. The normalized spacial score (nSPS) is 15.7. The Kier molecular flexibility index (Phi) is 3.50. The monoisotopic (exact) mass is 222 g/mol. The van der Waals surface area contributed by atoms with Crippen molar-refractivity contribution in [1.82, 2.24) is 0 Å². The molecule has 0 saturated carbocycles. The summed E-state index contributed by atoms with van der Waals surface area (Å²) in [5.74, 6) is 1.99. The summed E-state index contributed by atoms with van der Waals surface area (Å²) in [6, 6.07) is 7.88. The molecule has 0 unspecified atom stereocenters. The Balaban J connectivity index is 2.12. The van der Waals surface area contributed by atoms with Crippen molar-refractivity contribution in [2.75, 3.05) is 24.7 Å². The molecule has 1 aromatic rings. The highest BCUT2D eigenvalue weighted by atomic mass is 32.2. The number of amidine groups is 1. The molecule has 1 heterocycles. The number of anilines is 1. The van der Waals surface area contributed by atoms with E-state index in [1.54, 1.807) is 18.9 Å². The van der Waals surface area contributed by atoms with Gasteiger partial charge in [0.05, 0.1) is 12.8 Å². The molecule has 1 N–H and O–H groups in total. The van der Waals surface area contributed by atoms with E-state index in [1.807, 2.05) is 24.3 Å². The van der Waals surface area contributed by atoms with Gasteiger partial charge >= 0.3 is 0 Å². The standard InChI is InChI=1S/C11H14N2OS/c1-14-10-6-3-2-5-9(10)13-11-12-7-4-8-15-11/h2-3,5-6H,4,7-8H2,1H3,(H,12,13). The molecule has 0 amide bonds. The van der Waals surface area contributed by atoms with Crippen molar-refractivity contribution in [3.05, 3.63) is 24.3 Å². The van der Waals surface area contributed by atoms with Gasteiger partial charge in [-0.25, -0.2) is 0 Å². The second kappa shape index (κ2) is 5.07. The predicted octanol–water partition coefficient (Wildman–Crippen LogP) is 2.60. The number of nitrogens with one attached hydrogen (secondary N) is 1. The van der Waals surface area contributed by atoms with Crippen LogP contribution in [-0.2, 0) is 0 Å². The van der Waals surface area contributed by atoms with Gasteiger partial charge in [-0.2, -0.15) is 0 Å². The number of benzene rings is 1. The lowest BCUT2D eigenvalue weighted by molar-refractivity contribution is 0.417. The summed E-state index contributed by atoms with van der Waals surface area (Å²) in [4.78, 5) is 4.41. The largest absolute Gasteiger partial charge is 0.495 e. The fraction of sp³-hybridized carbons (Fsp3) is 0.364. The van der Waals surface area contributed by atoms with E-state index in [0.29, 0.717) is 0 Å². The first-order valence-electron chi connectivity index (χ1n) is 4.97. The van der Waals surface area contributed by atoms with Gasteiger partial charge in [0.25, 0.3) is 0 Å². The Bertz CT molecular complexity index is 365. The average Bonchev–Trinajstić information content (AvgIpc) is 2.31. The number of para-hydroxylation sites is 2. The van der Waals surface area contributed by atoms with Gasteiger partial charge < -0.3 is 10.1 Å². The van der Waals surface area contributed by atoms with Gasteiger partial charge in [-0.15, -0.1) is 0 Å². The van der Waals surface area contributed by atoms with Gasteiger partial charge in [-0.05, 0) is 18.6 Å². The fourth-order valence-corrected chi connectivity index (χ4v) is 2.23. The lowest BCUT2D eigenvalue weighted by atomic mass is 10.3. The van der Waals surface area contributed by atoms with E-state index >= 15 is 0 Å². The lowest BCUT2D eigenvalue weighted by Gasteiger charge is -2.15. The quantitative estimate of drug-likeness (QED) is 0.835. The first-order chi connectivity index (χ1) is 7.40. The Hall–Kier alpha value is -1.16. The zero-order valence-electron chi connectivity index (χ0n) is 8.69. The maximum Gasteiger partial charge on any atom is 0.161 e. The van der Waals surface area contributed by atoms with Gasteiger partial charge in [-0.3, -0.25) is 4.99 Å². The average molecular weight is 222 g/mol. The summed E-state index contributed by atoms with van der Waals surface area (Å²) in [5, 5.41) is 4.28. The van der Waals surface area contributed by atoms with Crippen LogP contribution in [-0.4, -0.2) is 24.6 Å². The zero-order valence-corrected chi connectivity index (χ0v) is 9.51. The number of rotatable bonds is 2. The number of hydrogen-bond acceptors (Lipinski definition) is 4. The molecule has 0 aromatic heterocycles. The van der Waals surface area contributed by atoms with E-state index in [1.165, 1.54) is 6.42 Å². The maximum atomic E-state index is 5.26. The molecule has 1 aliphatic heterocycles. The van der Waals surface area contributed by atoms with Crippen LogP contribution >= 0.6 is 11.8 Å². The summed E-state index contributed by atoms with van der Waals surface area (Å²) in [6.45, 7) is 0.921. The highest BCUT2D eigenvalue weighted by molar-refractivity contribution is 8.14. The van der Waals surface area contributed by atoms with Gasteiger partial charge in [-0.1, -0.05) is 23.9 Å². The van der Waals surface area contributed by atoms with Crippen LogP contribution in [0.2, 0.25) is 0 Å². The Morgan fingerprint density at radius 3 is 3.00 bits per heavy atom. The Morgan fingerprint density at radius 2 is 2.27 bits per heavy atom. The Morgan fingerprint density at radius 1 is 1.40 bits per heavy atom. The SMILES string of the molecule is COc1ccccc1NC1=NCCCS1. The van der Waals surface area contributed by atoms with Crippen molar-refractivity contribution in [2.24, 2.45) is 4.99 Å². The summed E-state index contributed by atoms with van der Waals surface area (Å²) in [5.41, 5.74) is 0.980. The van der Waals surface area contributed by atoms with Gasteiger partial charge in [0, 0.05) is 12.3 Å². The van der Waals surface area contributed by atoms with Crippen LogP contribution in [0, 0.1) is 0 Å². The van der Waals surface area contributed by atoms with Crippen molar-refractivity contribution in [3.8, 4) is 5.75 Å². The molecule has 0 fully saturated rings. The van der Waals surface area contributed by atoms with E-state index in [2.05, 4.69) is 10.3 Å². The molecule has 3 nitrogen and oxygen atoms in total. The van der Waals surface area contributed by atoms with Crippen LogP contribution in [0.5, 0.6) is 5.75 Å². The highest BCUT2D eigenvalue weighted by Crippen LogP contribution is 2.25. The van der Waals surface area contributed by atoms with E-state index < -0.39 is 0 Å². The number of methoxy groups -OCH3 is 1. The third kappa shape index (κ3) is 2.65. The summed E-state index contributed by atoms with van der Waals surface area (Å²) in [6.07, 6.45) is 1.17. The van der Waals surface area contributed by atoms with Crippen LogP contribution in [0.15, 0.2) is 29.3 Å². The highest BCUT2D eigenvalue weighted by Gasteiger charge is 2.08. The number of thioether (sulfide) groups is 1. The van der Waals surface area contributed by atoms with Crippen molar-refractivity contribution < 1.29 is 4.74 Å². The van der Waals surface area contributed by atoms with Crippen LogP contribution < -0.4 is 10.1 Å². The first-order valence-corrected chi connectivity index (χ1v) is 5.96. The molecule has 1 aromatic carbocycles. The minimum Gasteiger partial charge on any atom is -0.495 e. The molecule has 0 spiro atoms. The lowest BCUT2D eigenvalue weighted by Crippen LogP contribution is -2.13. The smallest absolute Gasteiger partial charge is 0.161 e. The number of ether oxygens (including phenoxy) is 1. The first kappa shape index (κ1) is 10.4. The number of nitrogens with zero attached hydrogens (tertiary/aromatic N) is 1. The molecule has 1 aliphatic rings. The molecule has 2 rings (SSSR count). The molecule has 0 saturated heterocycles. The molecule has 4 heteroatoms. The second-order valence-electron chi connectivity index (χ2n) is 3.21. The molecular weight excluding hydrogens is 208 g/mol. The van der Waals surface area contributed by atoms with Crippen molar-refractivity contribution in [3.63, 3.8) is 0 Å². The Labute approximate surface area is 93.9 Å². The minimum atomic E-state index is 0.853. The van der Waals surface area contributed by atoms with Gasteiger partial charge in [0.15, 0.2) is 5.17 Å². The van der Waals surface area contributed by atoms with Crippen molar-refractivity contribution in [1.29, 1.82) is 0 Å². The second-order valence-corrected chi connectivity index (χ2v) is 4.30. The molecule has 15 heavy (non-hydrogen) atoms. The maximum absolute atomic E-state index is 5.26. The van der Waals surface area contributed by atoms with E-state index in [4.69, 9.17) is 4.74 Å². The number of aliphatic imine (C=N–C) groups is 1. The van der Waals surface area contributed by atoms with E-state index in [0.717, 1.165) is 28.9 Å². The predicted molar refractivity (Wildman–Crippen MR) is 66.0 cm³/mol. The van der Waals surface area contributed by atoms with Crippen molar-refractivity contribution >= 4 is 22.6 Å². The molecular formula is C11H14N2OS. The molecule has 0 bridgehead atoms. The molecule has 0 atom stereocenters.